The summed E-state index contributed by atoms with van der Waals surface area (Å²) in [6.45, 7) is 16.6. The van der Waals surface area contributed by atoms with Crippen LogP contribution in [0.15, 0.2) is 10.5 Å². The molecule has 6 nitrogen and oxygen atoms in total. The normalized spacial score (nSPS) is 17.4. The van der Waals surface area contributed by atoms with E-state index in [1.54, 1.807) is 14.2 Å². The lowest BCUT2D eigenvalue weighted by Gasteiger charge is -2.46. The first-order valence-electron chi connectivity index (χ1n) is 11.5. The molecule has 1 fully saturated rings. The number of aliphatic hydroxyl groups is 1. The Morgan fingerprint density at radius 1 is 1.03 bits per heavy atom. The van der Waals surface area contributed by atoms with Gasteiger partial charge in [-0.25, -0.2) is 0 Å². The highest BCUT2D eigenvalue weighted by atomic mass is 79.9. The Morgan fingerprint density at radius 2 is 1.56 bits per heavy atom. The first-order valence-corrected chi connectivity index (χ1v) is 14.4. The van der Waals surface area contributed by atoms with Gasteiger partial charge < -0.3 is 28.5 Å². The van der Waals surface area contributed by atoms with Gasteiger partial charge in [-0.05, 0) is 51.1 Å². The van der Waals surface area contributed by atoms with Crippen molar-refractivity contribution in [3.05, 3.63) is 21.7 Å². The predicted molar refractivity (Wildman–Crippen MR) is 133 cm³/mol. The lowest BCUT2D eigenvalue weighted by atomic mass is 9.98. The highest BCUT2D eigenvalue weighted by Crippen LogP contribution is 2.51. The molecule has 0 aliphatic carbocycles. The minimum absolute atomic E-state index is 0.133. The Kier molecular flexibility index (Phi) is 9.65. The van der Waals surface area contributed by atoms with Crippen LogP contribution in [0.25, 0.3) is 0 Å². The quantitative estimate of drug-likeness (QED) is 0.335. The number of hydrogen-bond donors (Lipinski definition) is 1. The summed E-state index contributed by atoms with van der Waals surface area (Å²) in [7, 11) is 0.984. The first-order chi connectivity index (χ1) is 15.0. The van der Waals surface area contributed by atoms with Gasteiger partial charge in [-0.15, -0.1) is 0 Å². The molecule has 8 heteroatoms. The van der Waals surface area contributed by atoms with E-state index in [0.29, 0.717) is 57.8 Å². The van der Waals surface area contributed by atoms with E-state index in [1.165, 1.54) is 0 Å². The number of aliphatic hydroxyl groups excluding tert-OH is 1. The minimum atomic E-state index is -2.28. The molecule has 0 saturated carbocycles. The average molecular weight is 534 g/mol. The molecule has 32 heavy (non-hydrogen) atoms. The molecule has 1 unspecified atom stereocenters. The molecule has 1 saturated heterocycles. The van der Waals surface area contributed by atoms with Crippen molar-refractivity contribution in [1.82, 2.24) is 0 Å². The molecule has 0 amide bonds. The summed E-state index contributed by atoms with van der Waals surface area (Å²) in [5, 5.41) is 9.86. The van der Waals surface area contributed by atoms with Gasteiger partial charge in [0, 0.05) is 6.42 Å². The fourth-order valence-corrected chi connectivity index (χ4v) is 11.5. The molecule has 0 radical (unpaired) electrons. The van der Waals surface area contributed by atoms with Gasteiger partial charge in [0.2, 0.25) is 8.32 Å². The van der Waals surface area contributed by atoms with E-state index in [9.17, 15) is 5.11 Å². The summed E-state index contributed by atoms with van der Waals surface area (Å²) in [5.74, 6) is 0.479. The Labute approximate surface area is 203 Å². The standard InChI is InChI=1S/C24H41BrO6Si/c1-15(2)32(16(3)4,17(5)6)31-20(13-24(7)29-10-11-30-24)21-19(27-8)12-18(14-26)22(25)23(21)28-9/h12,15-17,20,26H,10-11,13-14H2,1-9H3. The van der Waals surface area contributed by atoms with Crippen LogP contribution in [0.3, 0.4) is 0 Å². The maximum absolute atomic E-state index is 9.86. The van der Waals surface area contributed by atoms with Gasteiger partial charge in [-0.3, -0.25) is 0 Å². The van der Waals surface area contributed by atoms with Crippen molar-refractivity contribution in [3.8, 4) is 11.5 Å². The smallest absolute Gasteiger partial charge is 0.201 e. The van der Waals surface area contributed by atoms with Gasteiger partial charge in [0.05, 0.1) is 50.2 Å². The molecule has 184 valence electrons. The molecule has 1 aromatic rings. The molecule has 0 spiro atoms. The van der Waals surface area contributed by atoms with Crippen LogP contribution >= 0.6 is 15.9 Å². The van der Waals surface area contributed by atoms with Crippen molar-refractivity contribution < 1.29 is 28.5 Å². The van der Waals surface area contributed by atoms with Gasteiger partial charge in [0.15, 0.2) is 5.79 Å². The minimum Gasteiger partial charge on any atom is -0.496 e. The lowest BCUT2D eigenvalue weighted by molar-refractivity contribution is -0.162. The summed E-state index contributed by atoms with van der Waals surface area (Å²) in [5.41, 5.74) is 2.72. The Balaban J connectivity index is 2.74. The maximum Gasteiger partial charge on any atom is 0.201 e. The second kappa shape index (κ2) is 11.2. The zero-order chi connectivity index (χ0) is 24.3. The fraction of sp³-hybridized carbons (Fsp3) is 0.750. The third-order valence-corrected chi connectivity index (χ3v) is 13.7. The van der Waals surface area contributed by atoms with E-state index in [1.807, 2.05) is 13.0 Å². The van der Waals surface area contributed by atoms with Crippen LogP contribution in [0.1, 0.15) is 72.1 Å². The van der Waals surface area contributed by atoms with Crippen LogP contribution in [-0.4, -0.2) is 46.6 Å². The van der Waals surface area contributed by atoms with Crippen LogP contribution < -0.4 is 9.47 Å². The zero-order valence-electron chi connectivity index (χ0n) is 21.1. The number of rotatable bonds is 11. The van der Waals surface area contributed by atoms with Gasteiger partial charge in [-0.2, -0.15) is 0 Å². The van der Waals surface area contributed by atoms with E-state index in [-0.39, 0.29) is 12.7 Å². The highest BCUT2D eigenvalue weighted by Gasteiger charge is 2.49. The van der Waals surface area contributed by atoms with Gasteiger partial charge >= 0.3 is 0 Å². The van der Waals surface area contributed by atoms with Crippen molar-refractivity contribution in [2.45, 2.75) is 90.0 Å². The number of halogens is 1. The Bertz CT molecular complexity index is 740. The lowest BCUT2D eigenvalue weighted by Crippen LogP contribution is -2.49. The summed E-state index contributed by atoms with van der Waals surface area (Å²) in [6.07, 6.45) is 0.136. The van der Waals surface area contributed by atoms with Crippen molar-refractivity contribution >= 4 is 24.2 Å². The van der Waals surface area contributed by atoms with E-state index in [0.717, 1.165) is 5.56 Å². The predicted octanol–water partition coefficient (Wildman–Crippen LogP) is 6.34. The average Bonchev–Trinajstić information content (AvgIpc) is 3.15. The Morgan fingerprint density at radius 3 is 1.97 bits per heavy atom. The SMILES string of the molecule is COc1cc(CO)c(Br)c(OC)c1C(CC1(C)OCCO1)O[Si](C(C)C)(C(C)C)C(C)C. The largest absolute Gasteiger partial charge is 0.496 e. The van der Waals surface area contributed by atoms with Gasteiger partial charge in [-0.1, -0.05) is 41.5 Å². The Hall–Kier alpha value is -0.643. The monoisotopic (exact) mass is 532 g/mol. The van der Waals surface area contributed by atoms with Crippen molar-refractivity contribution in [3.63, 3.8) is 0 Å². The van der Waals surface area contributed by atoms with Crippen molar-refractivity contribution in [2.24, 2.45) is 0 Å². The van der Waals surface area contributed by atoms with Gasteiger partial charge in [0.25, 0.3) is 0 Å². The second-order valence-electron chi connectivity index (χ2n) is 9.62. The number of benzene rings is 1. The van der Waals surface area contributed by atoms with Crippen LogP contribution in [0.2, 0.25) is 16.6 Å². The molecule has 0 bridgehead atoms. The third kappa shape index (κ3) is 5.36. The summed E-state index contributed by atoms with van der Waals surface area (Å²) >= 11 is 3.63. The molecule has 1 N–H and O–H groups in total. The fourth-order valence-electron chi connectivity index (χ4n) is 5.33. The molecule has 1 aliphatic rings. The van der Waals surface area contributed by atoms with Crippen LogP contribution in [-0.2, 0) is 20.5 Å². The van der Waals surface area contributed by atoms with Crippen LogP contribution in [0, 0.1) is 0 Å². The molecule has 1 aromatic carbocycles. The first kappa shape index (κ1) is 27.6. The summed E-state index contributed by atoms with van der Waals surface area (Å²) in [6, 6.07) is 1.85. The topological polar surface area (TPSA) is 66.4 Å². The number of methoxy groups -OCH3 is 2. The molecular weight excluding hydrogens is 492 g/mol. The zero-order valence-corrected chi connectivity index (χ0v) is 23.7. The second-order valence-corrected chi connectivity index (χ2v) is 15.8. The molecule has 2 rings (SSSR count). The van der Waals surface area contributed by atoms with Crippen molar-refractivity contribution in [1.29, 1.82) is 0 Å². The van der Waals surface area contributed by atoms with E-state index < -0.39 is 14.1 Å². The van der Waals surface area contributed by atoms with Crippen molar-refractivity contribution in [2.75, 3.05) is 27.4 Å². The van der Waals surface area contributed by atoms with Crippen LogP contribution in [0.4, 0.5) is 0 Å². The van der Waals surface area contributed by atoms with Crippen LogP contribution in [0.5, 0.6) is 11.5 Å². The molecule has 0 aromatic heterocycles. The molecular formula is C24H41BrO6Si. The molecule has 1 heterocycles. The third-order valence-electron chi connectivity index (χ3n) is 6.72. The summed E-state index contributed by atoms with van der Waals surface area (Å²) in [4.78, 5) is 0. The van der Waals surface area contributed by atoms with Gasteiger partial charge in [0.1, 0.15) is 11.5 Å². The summed E-state index contributed by atoms with van der Waals surface area (Å²) < 4.78 is 31.6. The maximum atomic E-state index is 9.86. The highest BCUT2D eigenvalue weighted by molar-refractivity contribution is 9.10. The van der Waals surface area contributed by atoms with E-state index in [4.69, 9.17) is 23.4 Å². The van der Waals surface area contributed by atoms with E-state index in [2.05, 4.69) is 57.5 Å². The number of ether oxygens (including phenoxy) is 4. The molecule has 1 atom stereocenters. The van der Waals surface area contributed by atoms with E-state index >= 15 is 0 Å². The molecule has 1 aliphatic heterocycles. The number of hydrogen-bond acceptors (Lipinski definition) is 6.